The zero-order chi connectivity index (χ0) is 18.2. The van der Waals surface area contributed by atoms with E-state index in [-0.39, 0.29) is 5.41 Å². The molecule has 0 aromatic heterocycles. The van der Waals surface area contributed by atoms with Gasteiger partial charge in [-0.05, 0) is 71.6 Å². The summed E-state index contributed by atoms with van der Waals surface area (Å²) in [5.41, 5.74) is 3.09. The van der Waals surface area contributed by atoms with Crippen LogP contribution in [0.4, 0.5) is 0 Å². The fraction of sp³-hybridized carbons (Fsp3) is 0.684. The minimum absolute atomic E-state index is 0.117. The van der Waals surface area contributed by atoms with Gasteiger partial charge in [-0.25, -0.2) is 0 Å². The molecule has 1 aromatic rings. The summed E-state index contributed by atoms with van der Waals surface area (Å²) in [7, 11) is -1.95. The largest absolute Gasteiger partial charge is 0.541 e. The van der Waals surface area contributed by atoms with Crippen LogP contribution in [0.25, 0.3) is 0 Å². The minimum Gasteiger partial charge on any atom is -0.541 e. The first-order chi connectivity index (χ1) is 10.3. The van der Waals surface area contributed by atoms with Gasteiger partial charge < -0.3 is 4.43 Å². The standard InChI is InChI=1S/C19H32Br2OSi/c1-12(2)23(13(3)4,14(5)6)22-18-16(20)10-15(11-17(18)21)19(7,8)9/h10-14H,1-9H3. The second-order valence-corrected chi connectivity index (χ2v) is 15.5. The van der Waals surface area contributed by atoms with Gasteiger partial charge >= 0.3 is 0 Å². The average Bonchev–Trinajstić information content (AvgIpc) is 2.35. The molecule has 0 saturated heterocycles. The van der Waals surface area contributed by atoms with Crippen molar-refractivity contribution in [1.29, 1.82) is 0 Å². The predicted octanol–water partition coefficient (Wildman–Crippen LogP) is 8.06. The molecule has 0 amide bonds. The molecule has 0 N–H and O–H groups in total. The lowest BCUT2D eigenvalue weighted by atomic mass is 9.87. The van der Waals surface area contributed by atoms with Crippen molar-refractivity contribution in [2.45, 2.75) is 84.4 Å². The van der Waals surface area contributed by atoms with Gasteiger partial charge in [0.05, 0.1) is 8.95 Å². The van der Waals surface area contributed by atoms with Crippen LogP contribution < -0.4 is 4.43 Å². The zero-order valence-corrected chi connectivity index (χ0v) is 20.2. The fourth-order valence-electron chi connectivity index (χ4n) is 3.62. The molecule has 0 bridgehead atoms. The van der Waals surface area contributed by atoms with Gasteiger partial charge in [0.25, 0.3) is 8.32 Å². The van der Waals surface area contributed by atoms with Crippen molar-refractivity contribution in [2.24, 2.45) is 0 Å². The summed E-state index contributed by atoms with van der Waals surface area (Å²) in [4.78, 5) is 0. The average molecular weight is 464 g/mol. The van der Waals surface area contributed by atoms with Gasteiger partial charge in [-0.2, -0.15) is 0 Å². The summed E-state index contributed by atoms with van der Waals surface area (Å²) in [6, 6.07) is 4.42. The Morgan fingerprint density at radius 2 is 1.17 bits per heavy atom. The summed E-state index contributed by atoms with van der Waals surface area (Å²) in [5.74, 6) is 0.973. The van der Waals surface area contributed by atoms with Gasteiger partial charge in [-0.3, -0.25) is 0 Å². The molecule has 0 fully saturated rings. The van der Waals surface area contributed by atoms with Gasteiger partial charge in [0.1, 0.15) is 5.75 Å². The van der Waals surface area contributed by atoms with Crippen molar-refractivity contribution in [1.82, 2.24) is 0 Å². The molecule has 0 aliphatic heterocycles. The molecule has 0 unspecified atom stereocenters. The van der Waals surface area contributed by atoms with Crippen LogP contribution in [0.3, 0.4) is 0 Å². The van der Waals surface area contributed by atoms with E-state index in [2.05, 4.69) is 106 Å². The zero-order valence-electron chi connectivity index (χ0n) is 16.1. The lowest BCUT2D eigenvalue weighted by Gasteiger charge is -2.42. The van der Waals surface area contributed by atoms with E-state index in [1.165, 1.54) is 5.56 Å². The second-order valence-electron chi connectivity index (χ2n) is 8.44. The van der Waals surface area contributed by atoms with Crippen LogP contribution >= 0.6 is 31.9 Å². The fourth-order valence-corrected chi connectivity index (χ4v) is 10.5. The van der Waals surface area contributed by atoms with Crippen molar-refractivity contribution in [2.75, 3.05) is 0 Å². The maximum absolute atomic E-state index is 6.86. The summed E-state index contributed by atoms with van der Waals surface area (Å²) in [5, 5.41) is 0. The third-order valence-electron chi connectivity index (χ3n) is 4.85. The van der Waals surface area contributed by atoms with E-state index in [1.54, 1.807) is 0 Å². The molecule has 132 valence electrons. The Kier molecular flexibility index (Phi) is 7.03. The van der Waals surface area contributed by atoms with E-state index in [4.69, 9.17) is 4.43 Å². The molecule has 0 aliphatic carbocycles. The number of hydrogen-bond acceptors (Lipinski definition) is 1. The van der Waals surface area contributed by atoms with Gasteiger partial charge in [0, 0.05) is 0 Å². The molecule has 0 atom stereocenters. The highest BCUT2D eigenvalue weighted by molar-refractivity contribution is 9.11. The summed E-state index contributed by atoms with van der Waals surface area (Å²) in [6.45, 7) is 20.6. The topological polar surface area (TPSA) is 9.23 Å². The highest BCUT2D eigenvalue weighted by Crippen LogP contribution is 2.47. The van der Waals surface area contributed by atoms with Crippen molar-refractivity contribution in [3.8, 4) is 5.75 Å². The molecule has 0 saturated carbocycles. The first-order valence-corrected chi connectivity index (χ1v) is 12.2. The van der Waals surface area contributed by atoms with E-state index < -0.39 is 8.32 Å². The van der Waals surface area contributed by atoms with E-state index in [0.717, 1.165) is 14.7 Å². The first-order valence-electron chi connectivity index (χ1n) is 8.52. The first kappa shape index (κ1) is 21.2. The van der Waals surface area contributed by atoms with Crippen LogP contribution in [0.2, 0.25) is 16.6 Å². The molecular formula is C19H32Br2OSi. The molecule has 0 aliphatic rings. The molecule has 1 aromatic carbocycles. The highest BCUT2D eigenvalue weighted by Gasteiger charge is 2.47. The quantitative estimate of drug-likeness (QED) is 0.401. The third kappa shape index (κ3) is 4.43. The van der Waals surface area contributed by atoms with Crippen LogP contribution in [0.15, 0.2) is 21.1 Å². The van der Waals surface area contributed by atoms with E-state index in [9.17, 15) is 0 Å². The maximum Gasteiger partial charge on any atom is 0.258 e. The van der Waals surface area contributed by atoms with Crippen LogP contribution in [0.1, 0.15) is 67.9 Å². The second kappa shape index (κ2) is 7.61. The summed E-state index contributed by atoms with van der Waals surface area (Å²) in [6.07, 6.45) is 0. The van der Waals surface area contributed by atoms with Gasteiger partial charge in [-0.1, -0.05) is 62.3 Å². The molecule has 0 radical (unpaired) electrons. The van der Waals surface area contributed by atoms with E-state index in [0.29, 0.717) is 16.6 Å². The molecule has 23 heavy (non-hydrogen) atoms. The molecule has 0 heterocycles. The number of rotatable bonds is 5. The Morgan fingerprint density at radius 3 is 1.43 bits per heavy atom. The van der Waals surface area contributed by atoms with E-state index in [1.807, 2.05) is 0 Å². The SMILES string of the molecule is CC(C)[Si](Oc1c(Br)cc(C(C)(C)C)cc1Br)(C(C)C)C(C)C. The predicted molar refractivity (Wildman–Crippen MR) is 112 cm³/mol. The number of benzene rings is 1. The monoisotopic (exact) mass is 462 g/mol. The molecular weight excluding hydrogens is 432 g/mol. The molecule has 0 spiro atoms. The van der Waals surface area contributed by atoms with Crippen molar-refractivity contribution in [3.05, 3.63) is 26.6 Å². The lowest BCUT2D eigenvalue weighted by molar-refractivity contribution is 0.473. The van der Waals surface area contributed by atoms with E-state index >= 15 is 0 Å². The maximum atomic E-state index is 6.86. The van der Waals surface area contributed by atoms with Crippen LogP contribution in [-0.2, 0) is 5.41 Å². The Balaban J connectivity index is 3.41. The lowest BCUT2D eigenvalue weighted by Crippen LogP contribution is -2.50. The summed E-state index contributed by atoms with van der Waals surface area (Å²) < 4.78 is 8.96. The van der Waals surface area contributed by atoms with Crippen LogP contribution in [0, 0.1) is 0 Å². The normalized spacial score (nSPS) is 13.3. The van der Waals surface area contributed by atoms with Crippen molar-refractivity contribution in [3.63, 3.8) is 0 Å². The molecule has 4 heteroatoms. The van der Waals surface area contributed by atoms with Gasteiger partial charge in [0.2, 0.25) is 0 Å². The summed E-state index contributed by atoms with van der Waals surface area (Å²) >= 11 is 7.52. The third-order valence-corrected chi connectivity index (χ3v) is 12.0. The minimum atomic E-state index is -1.95. The van der Waals surface area contributed by atoms with Crippen molar-refractivity contribution < 1.29 is 4.43 Å². The number of halogens is 2. The number of hydrogen-bond donors (Lipinski definition) is 0. The van der Waals surface area contributed by atoms with Gasteiger partial charge in [0.15, 0.2) is 0 Å². The highest BCUT2D eigenvalue weighted by atomic mass is 79.9. The van der Waals surface area contributed by atoms with Crippen molar-refractivity contribution >= 4 is 40.2 Å². The Hall–Kier alpha value is 0.197. The van der Waals surface area contributed by atoms with Crippen LogP contribution in [0.5, 0.6) is 5.75 Å². The Labute approximate surface area is 161 Å². The van der Waals surface area contributed by atoms with Gasteiger partial charge in [-0.15, -0.1) is 0 Å². The Bertz CT molecular complexity index is 500. The Morgan fingerprint density at radius 1 is 0.826 bits per heavy atom. The van der Waals surface area contributed by atoms with Crippen LogP contribution in [-0.4, -0.2) is 8.32 Å². The smallest absolute Gasteiger partial charge is 0.258 e. The molecule has 1 rings (SSSR count). The molecule has 1 nitrogen and oxygen atoms in total.